The van der Waals surface area contributed by atoms with Crippen LogP contribution in [-0.2, 0) is 46.8 Å². The van der Waals surface area contributed by atoms with E-state index in [1.807, 2.05) is 0 Å². The third-order valence-corrected chi connectivity index (χ3v) is 0. The molecule has 4 heteroatoms. The first-order chi connectivity index (χ1) is 0. The van der Waals surface area contributed by atoms with Crippen LogP contribution in [0.15, 0.2) is 0 Å². The maximum atomic E-state index is 0. The van der Waals surface area contributed by atoms with E-state index in [9.17, 15) is 0 Å². The molecule has 0 amide bonds. The van der Waals surface area contributed by atoms with Crippen LogP contribution in [-0.4, -0.2) is 43.2 Å². The van der Waals surface area contributed by atoms with Crippen molar-refractivity contribution in [1.82, 2.24) is 0 Å². The molecule has 0 spiro atoms. The Morgan fingerprint density at radius 1 is 1.00 bits per heavy atom. The first kappa shape index (κ1) is 28.3. The second kappa shape index (κ2) is 16.8. The standard InChI is InChI=1S/Al.Cd.In.Zn.6H. The summed E-state index contributed by atoms with van der Waals surface area (Å²) in [5.41, 5.74) is 0. The van der Waals surface area contributed by atoms with Gasteiger partial charge in [-0.25, -0.2) is 0 Å². The summed E-state index contributed by atoms with van der Waals surface area (Å²) in [5, 5.41) is 0. The molecule has 0 heterocycles. The molecule has 0 radical (unpaired) electrons. The van der Waals surface area contributed by atoms with Crippen molar-refractivity contribution in [1.29, 1.82) is 0 Å². The van der Waals surface area contributed by atoms with Crippen molar-refractivity contribution in [3.8, 4) is 0 Å². The largest absolute Gasteiger partial charge is 0 e. The minimum Gasteiger partial charge on any atom is 0 e. The minimum atomic E-state index is 0. The van der Waals surface area contributed by atoms with Gasteiger partial charge in [-0.2, -0.15) is 0 Å². The van der Waals surface area contributed by atoms with Gasteiger partial charge >= 0.3 is 25.8 Å². The van der Waals surface area contributed by atoms with Crippen LogP contribution >= 0.6 is 0 Å². The SMILES string of the molecule is [AlH3].[Cd].[InH3].[Zn]. The average molecular weight is 326 g/mol. The molecule has 0 bridgehead atoms. The van der Waals surface area contributed by atoms with Gasteiger partial charge in [-0.15, -0.1) is 0 Å². The van der Waals surface area contributed by atoms with Gasteiger partial charge in [0.1, 0.15) is 0 Å². The predicted molar refractivity (Wildman–Crippen MR) is 19.9 cm³/mol. The van der Waals surface area contributed by atoms with Crippen molar-refractivity contribution in [2.24, 2.45) is 0 Å². The molecule has 0 rings (SSSR count). The fraction of sp³-hybridized carbons (Fsp3) is 0. The molecule has 0 aliphatic carbocycles. The summed E-state index contributed by atoms with van der Waals surface area (Å²) in [6.45, 7) is 0. The molecule has 0 aliphatic rings. The molecule has 0 aliphatic heterocycles. The summed E-state index contributed by atoms with van der Waals surface area (Å²) in [6.07, 6.45) is 0. The monoisotopic (exact) mass is 326 g/mol. The van der Waals surface area contributed by atoms with Gasteiger partial charge in [0, 0.05) is 46.8 Å². The molecule has 0 saturated heterocycles. The van der Waals surface area contributed by atoms with Gasteiger partial charge in [-0.1, -0.05) is 0 Å². The van der Waals surface area contributed by atoms with Crippen LogP contribution in [0, 0.1) is 0 Å². The molecule has 0 aromatic carbocycles. The van der Waals surface area contributed by atoms with Crippen LogP contribution in [0.4, 0.5) is 0 Å². The molecule has 0 atom stereocenters. The third-order valence-electron chi connectivity index (χ3n) is 0. The minimum absolute atomic E-state index is 0. The third kappa shape index (κ3) is 8.87. The Morgan fingerprint density at radius 3 is 1.00 bits per heavy atom. The fourth-order valence-electron chi connectivity index (χ4n) is 0. The molecule has 0 aromatic heterocycles. The number of hydrogen-bond donors (Lipinski definition) is 0. The van der Waals surface area contributed by atoms with Crippen molar-refractivity contribution in [3.05, 3.63) is 0 Å². The Morgan fingerprint density at radius 2 is 1.00 bits per heavy atom. The summed E-state index contributed by atoms with van der Waals surface area (Å²) in [6, 6.07) is 0. The zero-order chi connectivity index (χ0) is 0. The normalized spacial score (nSPS) is 0. The fourth-order valence-corrected chi connectivity index (χ4v) is 0. The van der Waals surface area contributed by atoms with E-state index in [1.54, 1.807) is 0 Å². The van der Waals surface area contributed by atoms with E-state index in [4.69, 9.17) is 0 Å². The van der Waals surface area contributed by atoms with Crippen molar-refractivity contribution in [2.45, 2.75) is 0 Å². The number of rotatable bonds is 0. The second-order valence-electron chi connectivity index (χ2n) is 0. The Bertz CT molecular complexity index is 8.00. The van der Waals surface area contributed by atoms with E-state index in [0.717, 1.165) is 0 Å². The van der Waals surface area contributed by atoms with Crippen LogP contribution in [0.2, 0.25) is 0 Å². The Balaban J connectivity index is 0. The van der Waals surface area contributed by atoms with Crippen LogP contribution in [0.5, 0.6) is 0 Å². The van der Waals surface area contributed by atoms with E-state index in [0.29, 0.717) is 0 Å². The van der Waals surface area contributed by atoms with E-state index >= 15 is 0 Å². The molecule has 0 unspecified atom stereocenters. The Kier molecular flexibility index (Phi) is 118. The summed E-state index contributed by atoms with van der Waals surface area (Å²) >= 11 is 0. The van der Waals surface area contributed by atoms with Gasteiger partial charge in [0.25, 0.3) is 0 Å². The van der Waals surface area contributed by atoms with Gasteiger partial charge in [0.15, 0.2) is 17.4 Å². The maximum Gasteiger partial charge on any atom is 0 e. The quantitative estimate of drug-likeness (QED) is 0.437. The topological polar surface area (TPSA) is 0 Å². The van der Waals surface area contributed by atoms with E-state index < -0.39 is 0 Å². The van der Waals surface area contributed by atoms with Crippen LogP contribution in [0.25, 0.3) is 0 Å². The smallest absolute Gasteiger partial charge is 0 e. The maximum absolute atomic E-state index is 0. The Labute approximate surface area is 88.3 Å². The molecular weight excluding hydrogens is 320 g/mol. The molecule has 0 aromatic rings. The summed E-state index contributed by atoms with van der Waals surface area (Å²) in [5.74, 6) is 0. The molecule has 0 N–H and O–H groups in total. The predicted octanol–water partition coefficient (Wildman–Crippen LogP) is -2.37. The molecule has 0 saturated carbocycles. The molecule has 0 fully saturated rings. The van der Waals surface area contributed by atoms with Gasteiger partial charge in [-0.3, -0.25) is 0 Å². The van der Waals surface area contributed by atoms with Gasteiger partial charge < -0.3 is 0 Å². The first-order valence-corrected chi connectivity index (χ1v) is 0. The van der Waals surface area contributed by atoms with E-state index in [1.165, 1.54) is 0 Å². The average Bonchev–Trinajstić information content (AvgIpc) is 0. The van der Waals surface area contributed by atoms with Gasteiger partial charge in [-0.05, 0) is 0 Å². The van der Waals surface area contributed by atoms with E-state index in [-0.39, 0.29) is 90.0 Å². The summed E-state index contributed by atoms with van der Waals surface area (Å²) < 4.78 is 0. The molecular formula is H6AlCdInZn. The Hall–Kier alpha value is 2.95. The first-order valence-electron chi connectivity index (χ1n) is 0. The van der Waals surface area contributed by atoms with E-state index in [2.05, 4.69) is 0 Å². The van der Waals surface area contributed by atoms with Crippen LogP contribution in [0.1, 0.15) is 0 Å². The van der Waals surface area contributed by atoms with Crippen molar-refractivity contribution < 1.29 is 46.8 Å². The van der Waals surface area contributed by atoms with Gasteiger partial charge in [0.05, 0.1) is 0 Å². The zero-order valence-corrected chi connectivity index (χ0v) is 8.42. The zero-order valence-electron chi connectivity index (χ0n) is 1.41. The van der Waals surface area contributed by atoms with Crippen LogP contribution < -0.4 is 0 Å². The molecule has 4 heavy (non-hydrogen) atoms. The van der Waals surface area contributed by atoms with Crippen molar-refractivity contribution in [2.75, 3.05) is 0 Å². The second-order valence-corrected chi connectivity index (χ2v) is 0. The summed E-state index contributed by atoms with van der Waals surface area (Å²) in [4.78, 5) is 0. The number of hydrogen-bond acceptors (Lipinski definition) is 0. The molecule has 16 valence electrons. The molecule has 0 nitrogen and oxygen atoms in total. The van der Waals surface area contributed by atoms with Crippen molar-refractivity contribution in [3.63, 3.8) is 0 Å². The van der Waals surface area contributed by atoms with Crippen molar-refractivity contribution >= 4 is 43.2 Å². The van der Waals surface area contributed by atoms with Gasteiger partial charge in [0.2, 0.25) is 0 Å². The van der Waals surface area contributed by atoms with Crippen LogP contribution in [0.3, 0.4) is 0 Å². The summed E-state index contributed by atoms with van der Waals surface area (Å²) in [7, 11) is 0.